The number of ketones is 1. The molecule has 0 saturated carbocycles. The van der Waals surface area contributed by atoms with Crippen LogP contribution in [0.3, 0.4) is 0 Å². The van der Waals surface area contributed by atoms with Crippen LogP contribution in [0.1, 0.15) is 20.8 Å². The number of benzene rings is 3. The van der Waals surface area contributed by atoms with Crippen molar-refractivity contribution in [3.8, 4) is 52.4 Å². The zero-order valence-electron chi connectivity index (χ0n) is 33.3. The van der Waals surface area contributed by atoms with Crippen LogP contribution in [0, 0.1) is 34.0 Å². The van der Waals surface area contributed by atoms with E-state index in [1.165, 1.54) is 20.8 Å². The Bertz CT molecular complexity index is 2410. The molecule has 3 aromatic carbocycles. The number of aromatic nitrogens is 6. The zero-order valence-corrected chi connectivity index (χ0v) is 36.1. The number of hydrogen-bond donors (Lipinski definition) is 3. The molecule has 14 nitrogen and oxygen atoms in total. The molecule has 0 radical (unpaired) electrons. The molecule has 0 amide bonds. The maximum atomic E-state index is 11.3. The van der Waals surface area contributed by atoms with Crippen LogP contribution in [0.2, 0.25) is 0 Å². The topological polar surface area (TPSA) is 255 Å². The van der Waals surface area contributed by atoms with Crippen LogP contribution in [-0.2, 0) is 32.0 Å². The number of carbonyl (C=O) groups is 1. The van der Waals surface area contributed by atoms with Crippen molar-refractivity contribution in [1.82, 2.24) is 29.9 Å². The summed E-state index contributed by atoms with van der Waals surface area (Å²) in [5, 5.41) is 31.8. The first-order chi connectivity index (χ1) is 29.9. The van der Waals surface area contributed by atoms with Gasteiger partial charge in [-0.25, -0.2) is 23.4 Å². The molecule has 344 valence electrons. The molecule has 3 heterocycles. The second-order valence-corrected chi connectivity index (χ2v) is 14.6. The third kappa shape index (κ3) is 20.1. The largest absolute Gasteiger partial charge is 2.00 e. The quantitative estimate of drug-likeness (QED) is 0.0275. The summed E-state index contributed by atoms with van der Waals surface area (Å²) < 4.78 is 127. The first-order valence-electron chi connectivity index (χ1n) is 17.0. The van der Waals surface area contributed by atoms with Gasteiger partial charge in [-0.1, -0.05) is 91.0 Å². The van der Waals surface area contributed by atoms with Crippen LogP contribution in [-0.4, -0.2) is 66.5 Å². The van der Waals surface area contributed by atoms with Gasteiger partial charge in [0.2, 0.25) is 0 Å². The van der Waals surface area contributed by atoms with Gasteiger partial charge in [-0.15, -0.1) is 0 Å². The predicted octanol–water partition coefficient (Wildman–Crippen LogP) is 7.18. The number of alkyl halides is 9. The summed E-state index contributed by atoms with van der Waals surface area (Å²) in [5.41, 5.74) is 0.254. The Morgan fingerprint density at radius 3 is 1.05 bits per heavy atom. The van der Waals surface area contributed by atoms with Crippen molar-refractivity contribution >= 4 is 40.1 Å². The van der Waals surface area contributed by atoms with E-state index in [0.717, 1.165) is 50.5 Å². The molecular formula is C39H31F9FeN9O5PS. The number of rotatable bonds is 7. The standard InChI is InChI=1S/C27H21N6P.C5H2F6O2.3C2H3N.CHF3O3S.Fe/c1-4-10-19(11-5-1)25-28-16-22(31-25)34(23-17-29-26(32-23)20-12-6-2-7-13-20)24-18-30-27(33-24)21-14-8-3-9-15-21;6-4(7,8)2(12)1-3(13)5(9,10)11;3*1-2-3;2-1(3,4)8(5,6)7;/h1-18H,(H,28,31)(H,29,32)(H,30,33);1,12H;3*1H3;(H,5,6,7);/q;;;;;;+2/p-2/b;2-1-;;;;;. The number of carbonyl (C=O) groups excluding carboxylic acids is 1. The molecule has 0 fully saturated rings. The van der Waals surface area contributed by atoms with Gasteiger partial charge in [0.25, 0.3) is 5.78 Å². The Balaban J connectivity index is 0.00000109. The van der Waals surface area contributed by atoms with E-state index in [0.29, 0.717) is 0 Å². The number of nitrogens with one attached hydrogen (secondary N) is 3. The van der Waals surface area contributed by atoms with E-state index in [4.69, 9.17) is 43.7 Å². The molecule has 3 N–H and O–H groups in total. The van der Waals surface area contributed by atoms with Crippen molar-refractivity contribution in [2.24, 2.45) is 0 Å². The summed E-state index contributed by atoms with van der Waals surface area (Å²) in [7, 11) is -7.17. The van der Waals surface area contributed by atoms with Crippen LogP contribution in [0.4, 0.5) is 39.5 Å². The van der Waals surface area contributed by atoms with E-state index < -0.39 is 53.5 Å². The van der Waals surface area contributed by atoms with Crippen LogP contribution < -0.4 is 21.4 Å². The van der Waals surface area contributed by atoms with E-state index in [-0.39, 0.29) is 17.1 Å². The Morgan fingerprint density at radius 1 is 0.600 bits per heavy atom. The van der Waals surface area contributed by atoms with Crippen molar-refractivity contribution in [2.75, 3.05) is 0 Å². The van der Waals surface area contributed by atoms with E-state index in [1.807, 2.05) is 73.2 Å². The summed E-state index contributed by atoms with van der Waals surface area (Å²) >= 11 is 0. The van der Waals surface area contributed by atoms with E-state index in [1.54, 1.807) is 18.2 Å². The molecule has 0 aliphatic carbocycles. The van der Waals surface area contributed by atoms with Gasteiger partial charge < -0.3 is 24.6 Å². The van der Waals surface area contributed by atoms with Crippen molar-refractivity contribution in [3.05, 3.63) is 121 Å². The molecule has 26 heteroatoms. The molecular weight excluding hydrogens is 964 g/mol. The molecule has 0 bridgehead atoms. The van der Waals surface area contributed by atoms with Gasteiger partial charge in [0, 0.05) is 56.1 Å². The molecule has 0 saturated heterocycles. The van der Waals surface area contributed by atoms with Crippen LogP contribution >= 0.6 is 7.92 Å². The maximum Gasteiger partial charge on any atom is 2.00 e. The van der Waals surface area contributed by atoms with Gasteiger partial charge in [-0.3, -0.25) is 4.79 Å². The molecule has 0 aliphatic heterocycles. The van der Waals surface area contributed by atoms with Gasteiger partial charge in [0.05, 0.1) is 42.4 Å². The van der Waals surface area contributed by atoms with Gasteiger partial charge in [0.15, 0.2) is 10.1 Å². The fraction of sp³-hybridized carbons (Fsp3) is 0.154. The summed E-state index contributed by atoms with van der Waals surface area (Å²) in [6, 6.07) is 35.6. The number of halogens is 9. The average Bonchev–Trinajstić information content (AvgIpc) is 4.02. The van der Waals surface area contributed by atoms with Crippen LogP contribution in [0.25, 0.3) is 34.2 Å². The zero-order chi connectivity index (χ0) is 48.7. The number of imidazole rings is 3. The molecule has 0 spiro atoms. The molecule has 3 aromatic heterocycles. The molecule has 6 aromatic rings. The van der Waals surface area contributed by atoms with Gasteiger partial charge in [-0.2, -0.15) is 55.3 Å². The van der Waals surface area contributed by atoms with Crippen molar-refractivity contribution in [3.63, 3.8) is 0 Å². The van der Waals surface area contributed by atoms with Gasteiger partial charge >= 0.3 is 34.9 Å². The predicted molar refractivity (Wildman–Crippen MR) is 213 cm³/mol. The Labute approximate surface area is 376 Å². The summed E-state index contributed by atoms with van der Waals surface area (Å²) in [6.45, 7) is 4.29. The van der Waals surface area contributed by atoms with E-state index >= 15 is 0 Å². The summed E-state index contributed by atoms with van der Waals surface area (Å²) in [4.78, 5) is 34.8. The van der Waals surface area contributed by atoms with Gasteiger partial charge in [0.1, 0.15) is 17.5 Å². The second kappa shape index (κ2) is 27.4. The Morgan fingerprint density at radius 2 is 0.846 bits per heavy atom. The second-order valence-electron chi connectivity index (χ2n) is 11.2. The first kappa shape index (κ1) is 58.2. The number of allylic oxidation sites excluding steroid dienone is 2. The summed E-state index contributed by atoms with van der Waals surface area (Å²) in [5.74, 6) is -3.15. The Kier molecular flexibility index (Phi) is 24.5. The van der Waals surface area contributed by atoms with E-state index in [9.17, 15) is 49.4 Å². The van der Waals surface area contributed by atoms with Crippen molar-refractivity contribution < 1.29 is 79.5 Å². The fourth-order valence-electron chi connectivity index (χ4n) is 4.15. The van der Waals surface area contributed by atoms with Crippen LogP contribution in [0.5, 0.6) is 0 Å². The number of nitriles is 3. The normalized spacial score (nSPS) is 10.8. The molecule has 6 rings (SSSR count). The van der Waals surface area contributed by atoms with Crippen molar-refractivity contribution in [2.45, 2.75) is 38.6 Å². The van der Waals surface area contributed by atoms with E-state index in [2.05, 4.69) is 51.4 Å². The number of H-pyrrole nitrogens is 3. The molecule has 65 heavy (non-hydrogen) atoms. The van der Waals surface area contributed by atoms with Gasteiger partial charge in [-0.05, 0) is 11.8 Å². The smallest absolute Gasteiger partial charge is 0.869 e. The monoisotopic (exact) mass is 995 g/mol. The number of hydrogen-bond acceptors (Lipinski definition) is 11. The third-order valence-electron chi connectivity index (χ3n) is 6.63. The van der Waals surface area contributed by atoms with Crippen molar-refractivity contribution in [1.29, 1.82) is 15.8 Å². The minimum Gasteiger partial charge on any atom is -0.869 e. The Hall–Kier alpha value is -6.80. The van der Waals surface area contributed by atoms with Crippen LogP contribution in [0.15, 0.2) is 121 Å². The first-order valence-corrected chi connectivity index (χ1v) is 19.8. The molecule has 0 aliphatic rings. The fourth-order valence-corrected chi connectivity index (χ4v) is 6.03. The average molecular weight is 996 g/mol. The minimum atomic E-state index is -6.09. The molecule has 0 unspecified atom stereocenters. The number of nitrogens with zero attached hydrogens (tertiary/aromatic N) is 6. The third-order valence-corrected chi connectivity index (χ3v) is 9.26. The molecule has 0 atom stereocenters. The maximum absolute atomic E-state index is 11.3. The SMILES string of the molecule is CC#N.CC#N.CC#N.O=C(/C=C(\[O-])C(F)(F)F)C(F)(F)F.O=S(=O)([O-])C(F)(F)F.[Fe+2].c1ccc(-c2nc(P(c3c[nH]c(-c4ccccc4)n3)c3c[nH]c(-c4ccccc4)n3)c[nH]2)cc1. The minimum absolute atomic E-state index is 0. The summed E-state index contributed by atoms with van der Waals surface area (Å²) in [6.07, 6.45) is -6.02. The number of aromatic amines is 3.